The maximum absolute atomic E-state index is 9.38. The highest BCUT2D eigenvalue weighted by atomic mass is 35.5. The zero-order valence-electron chi connectivity index (χ0n) is 9.30. The fraction of sp³-hybridized carbons (Fsp3) is 0.455. The predicted octanol–water partition coefficient (Wildman–Crippen LogP) is 1.38. The number of phenolic OH excluding ortho intramolecular Hbond substituents is 2. The zero-order valence-corrected chi connectivity index (χ0v) is 10.1. The molecule has 1 heterocycles. The van der Waals surface area contributed by atoms with E-state index in [9.17, 15) is 10.2 Å². The molecule has 16 heavy (non-hydrogen) atoms. The highest BCUT2D eigenvalue weighted by molar-refractivity contribution is 5.85. The van der Waals surface area contributed by atoms with Crippen molar-refractivity contribution in [3.8, 4) is 17.2 Å². The predicted molar refractivity (Wildman–Crippen MR) is 63.7 cm³/mol. The molecule has 2 N–H and O–H groups in total. The summed E-state index contributed by atoms with van der Waals surface area (Å²) in [5.74, 6) is 0.456. The van der Waals surface area contributed by atoms with Crippen LogP contribution in [0.5, 0.6) is 17.2 Å². The van der Waals surface area contributed by atoms with Crippen molar-refractivity contribution < 1.29 is 14.9 Å². The average molecular weight is 246 g/mol. The summed E-state index contributed by atoms with van der Waals surface area (Å²) in [6.45, 7) is 0.615. The van der Waals surface area contributed by atoms with E-state index < -0.39 is 0 Å². The van der Waals surface area contributed by atoms with E-state index in [2.05, 4.69) is 4.90 Å². The molecule has 0 saturated carbocycles. The summed E-state index contributed by atoms with van der Waals surface area (Å²) in [5.41, 5.74) is 0.940. The normalized spacial score (nSPS) is 18.6. The number of hydrogen-bond donors (Lipinski definition) is 2. The number of benzene rings is 1. The monoisotopic (exact) mass is 245 g/mol. The number of ether oxygens (including phenoxy) is 1. The average Bonchev–Trinajstić information content (AvgIpc) is 2.19. The third kappa shape index (κ3) is 2.33. The van der Waals surface area contributed by atoms with E-state index in [0.717, 1.165) is 12.0 Å². The first-order valence-electron chi connectivity index (χ1n) is 4.92. The van der Waals surface area contributed by atoms with Gasteiger partial charge >= 0.3 is 0 Å². The summed E-state index contributed by atoms with van der Waals surface area (Å²) in [6.07, 6.45) is 0.830. The number of hydrogen-bond acceptors (Lipinski definition) is 4. The van der Waals surface area contributed by atoms with Crippen LogP contribution in [0.15, 0.2) is 12.1 Å². The lowest BCUT2D eigenvalue weighted by atomic mass is 10.0. The summed E-state index contributed by atoms with van der Waals surface area (Å²) in [4.78, 5) is 2.09. The van der Waals surface area contributed by atoms with Crippen LogP contribution >= 0.6 is 12.4 Å². The lowest BCUT2D eigenvalue weighted by molar-refractivity contribution is 0.164. The lowest BCUT2D eigenvalue weighted by Crippen LogP contribution is -2.38. The highest BCUT2D eigenvalue weighted by Gasteiger charge is 2.22. The summed E-state index contributed by atoms with van der Waals surface area (Å²) in [7, 11) is 4.00. The van der Waals surface area contributed by atoms with Gasteiger partial charge in [0.1, 0.15) is 12.4 Å². The largest absolute Gasteiger partial charge is 0.504 e. The Hall–Kier alpha value is -1.13. The molecule has 0 saturated heterocycles. The van der Waals surface area contributed by atoms with Crippen molar-refractivity contribution in [2.75, 3.05) is 20.7 Å². The summed E-state index contributed by atoms with van der Waals surface area (Å²) < 4.78 is 5.52. The molecule has 0 spiro atoms. The van der Waals surface area contributed by atoms with Crippen LogP contribution in [-0.2, 0) is 6.42 Å². The number of nitrogens with zero attached hydrogens (tertiary/aromatic N) is 1. The van der Waals surface area contributed by atoms with Gasteiger partial charge in [0, 0.05) is 12.1 Å². The standard InChI is InChI=1S/C11H15NO3.ClH/c1-12(2)8-3-7-4-9(13)10(14)5-11(7)15-6-8;/h4-5,8,13-14H,3,6H2,1-2H3;1H. The molecule has 1 aromatic rings. The maximum Gasteiger partial charge on any atom is 0.161 e. The van der Waals surface area contributed by atoms with Crippen LogP contribution in [-0.4, -0.2) is 41.9 Å². The minimum atomic E-state index is -0.128. The van der Waals surface area contributed by atoms with Gasteiger partial charge in [0.05, 0.1) is 0 Å². The van der Waals surface area contributed by atoms with Crippen LogP contribution in [0.25, 0.3) is 0 Å². The highest BCUT2D eigenvalue weighted by Crippen LogP contribution is 2.35. The summed E-state index contributed by atoms with van der Waals surface area (Å²) in [6, 6.07) is 3.36. The van der Waals surface area contributed by atoms with Crippen LogP contribution in [0, 0.1) is 0 Å². The molecule has 0 fully saturated rings. The Labute approximate surface area is 101 Å². The fourth-order valence-electron chi connectivity index (χ4n) is 1.73. The molecule has 0 aliphatic carbocycles. The van der Waals surface area contributed by atoms with Crippen LogP contribution < -0.4 is 4.74 Å². The van der Waals surface area contributed by atoms with E-state index in [1.807, 2.05) is 14.1 Å². The Bertz CT molecular complexity index is 382. The molecule has 4 nitrogen and oxygen atoms in total. The van der Waals surface area contributed by atoms with Gasteiger partial charge in [-0.25, -0.2) is 0 Å². The first kappa shape index (κ1) is 12.9. The molecule has 1 atom stereocenters. The van der Waals surface area contributed by atoms with Crippen molar-refractivity contribution >= 4 is 12.4 Å². The van der Waals surface area contributed by atoms with Crippen LogP contribution in [0.2, 0.25) is 0 Å². The minimum Gasteiger partial charge on any atom is -0.504 e. The first-order valence-corrected chi connectivity index (χ1v) is 4.92. The van der Waals surface area contributed by atoms with Gasteiger partial charge in [0.25, 0.3) is 0 Å². The maximum atomic E-state index is 9.38. The molecule has 0 bridgehead atoms. The lowest BCUT2D eigenvalue weighted by Gasteiger charge is -2.30. The topological polar surface area (TPSA) is 52.9 Å². The molecule has 2 rings (SSSR count). The number of aromatic hydroxyl groups is 2. The number of fused-ring (bicyclic) bond motifs is 1. The van der Waals surface area contributed by atoms with Gasteiger partial charge in [-0.1, -0.05) is 0 Å². The van der Waals surface area contributed by atoms with E-state index in [0.29, 0.717) is 18.4 Å². The second-order valence-corrected chi connectivity index (χ2v) is 4.08. The molecule has 0 amide bonds. The molecule has 0 radical (unpaired) electrons. The Kier molecular flexibility index (Phi) is 3.88. The van der Waals surface area contributed by atoms with E-state index in [4.69, 9.17) is 4.74 Å². The van der Waals surface area contributed by atoms with Crippen LogP contribution in [0.3, 0.4) is 0 Å². The van der Waals surface area contributed by atoms with Gasteiger partial charge in [-0.05, 0) is 32.1 Å². The first-order chi connectivity index (χ1) is 7.08. The number of likely N-dealkylation sites (N-methyl/N-ethyl adjacent to an activating group) is 1. The molecule has 90 valence electrons. The van der Waals surface area contributed by atoms with Gasteiger partial charge in [0.15, 0.2) is 11.5 Å². The van der Waals surface area contributed by atoms with Gasteiger partial charge < -0.3 is 19.8 Å². The number of rotatable bonds is 1. The second kappa shape index (κ2) is 4.80. The molecule has 1 aliphatic rings. The van der Waals surface area contributed by atoms with Crippen LogP contribution in [0.1, 0.15) is 5.56 Å². The quantitative estimate of drug-likeness (QED) is 0.734. The molecular formula is C11H16ClNO3. The Morgan fingerprint density at radius 1 is 1.25 bits per heavy atom. The minimum absolute atomic E-state index is 0. The van der Waals surface area contributed by atoms with Crippen molar-refractivity contribution in [2.45, 2.75) is 12.5 Å². The summed E-state index contributed by atoms with van der Waals surface area (Å²) in [5, 5.41) is 18.7. The third-order valence-corrected chi connectivity index (χ3v) is 2.77. The van der Waals surface area contributed by atoms with Crippen molar-refractivity contribution in [3.05, 3.63) is 17.7 Å². The molecule has 1 aliphatic heterocycles. The molecule has 1 unspecified atom stereocenters. The smallest absolute Gasteiger partial charge is 0.161 e. The van der Waals surface area contributed by atoms with E-state index in [-0.39, 0.29) is 23.9 Å². The van der Waals surface area contributed by atoms with Gasteiger partial charge in [0.2, 0.25) is 0 Å². The second-order valence-electron chi connectivity index (χ2n) is 4.08. The van der Waals surface area contributed by atoms with Gasteiger partial charge in [-0.3, -0.25) is 0 Å². The van der Waals surface area contributed by atoms with Crippen molar-refractivity contribution in [3.63, 3.8) is 0 Å². The van der Waals surface area contributed by atoms with Crippen molar-refractivity contribution in [1.29, 1.82) is 0 Å². The van der Waals surface area contributed by atoms with E-state index >= 15 is 0 Å². The van der Waals surface area contributed by atoms with E-state index in [1.54, 1.807) is 6.07 Å². The molecule has 1 aromatic carbocycles. The third-order valence-electron chi connectivity index (χ3n) is 2.77. The fourth-order valence-corrected chi connectivity index (χ4v) is 1.73. The SMILES string of the molecule is CN(C)C1COc2cc(O)c(O)cc2C1.Cl. The van der Waals surface area contributed by atoms with Gasteiger partial charge in [-0.2, -0.15) is 0 Å². The zero-order chi connectivity index (χ0) is 11.0. The molecular weight excluding hydrogens is 230 g/mol. The van der Waals surface area contributed by atoms with Gasteiger partial charge in [-0.15, -0.1) is 12.4 Å². The number of halogens is 1. The molecule has 5 heteroatoms. The molecule has 0 aromatic heterocycles. The Morgan fingerprint density at radius 3 is 2.50 bits per heavy atom. The van der Waals surface area contributed by atoms with Crippen molar-refractivity contribution in [2.24, 2.45) is 0 Å². The Morgan fingerprint density at radius 2 is 1.88 bits per heavy atom. The summed E-state index contributed by atoms with van der Waals surface area (Å²) >= 11 is 0. The Balaban J connectivity index is 0.00000128. The number of phenols is 2. The van der Waals surface area contributed by atoms with Crippen molar-refractivity contribution in [1.82, 2.24) is 4.90 Å². The van der Waals surface area contributed by atoms with E-state index in [1.165, 1.54) is 6.07 Å². The van der Waals surface area contributed by atoms with Crippen LogP contribution in [0.4, 0.5) is 0 Å².